The zero-order valence-corrected chi connectivity index (χ0v) is 10.1. The van der Waals surface area contributed by atoms with Crippen molar-refractivity contribution in [1.29, 1.82) is 0 Å². The zero-order chi connectivity index (χ0) is 12.3. The lowest BCUT2D eigenvalue weighted by Crippen LogP contribution is -2.20. The van der Waals surface area contributed by atoms with E-state index < -0.39 is 0 Å². The van der Waals surface area contributed by atoms with Gasteiger partial charge in [0.15, 0.2) is 0 Å². The van der Waals surface area contributed by atoms with Crippen molar-refractivity contribution in [2.45, 2.75) is 12.1 Å². The van der Waals surface area contributed by atoms with Gasteiger partial charge in [-0.2, -0.15) is 5.10 Å². The summed E-state index contributed by atoms with van der Waals surface area (Å²) < 4.78 is 7.24. The highest BCUT2D eigenvalue weighted by molar-refractivity contribution is 5.23. The van der Waals surface area contributed by atoms with Crippen LogP contribution in [0.25, 0.3) is 0 Å². The number of rotatable bonds is 4. The Bertz CT molecular complexity index is 467. The Kier molecular flexibility index (Phi) is 3.56. The standard InChI is InChI=1S/C13H17N3O/c1-16-9-11(8-15-16)12(14)13(17-2)10-6-4-3-5-7-10/h3-9,12-13H,14H2,1-2H3. The SMILES string of the molecule is COC(c1ccccc1)C(N)c1cnn(C)c1. The predicted octanol–water partition coefficient (Wildman–Crippen LogP) is 1.81. The number of hydrogen-bond acceptors (Lipinski definition) is 3. The van der Waals surface area contributed by atoms with Crippen LogP contribution >= 0.6 is 0 Å². The van der Waals surface area contributed by atoms with Gasteiger partial charge in [0.05, 0.1) is 12.2 Å². The quantitative estimate of drug-likeness (QED) is 0.873. The summed E-state index contributed by atoms with van der Waals surface area (Å²) in [6.07, 6.45) is 3.54. The molecule has 0 saturated carbocycles. The molecule has 2 rings (SSSR count). The Balaban J connectivity index is 2.25. The van der Waals surface area contributed by atoms with Gasteiger partial charge >= 0.3 is 0 Å². The molecule has 90 valence electrons. The van der Waals surface area contributed by atoms with E-state index in [0.29, 0.717) is 0 Å². The minimum absolute atomic E-state index is 0.152. The lowest BCUT2D eigenvalue weighted by atomic mass is 9.99. The van der Waals surface area contributed by atoms with Gasteiger partial charge in [-0.3, -0.25) is 4.68 Å². The summed E-state index contributed by atoms with van der Waals surface area (Å²) in [5.41, 5.74) is 8.27. The predicted molar refractivity (Wildman–Crippen MR) is 66.3 cm³/mol. The fourth-order valence-corrected chi connectivity index (χ4v) is 1.92. The number of hydrogen-bond donors (Lipinski definition) is 1. The van der Waals surface area contributed by atoms with E-state index in [9.17, 15) is 0 Å². The third-order valence-electron chi connectivity index (χ3n) is 2.82. The summed E-state index contributed by atoms with van der Waals surface area (Å²) in [6, 6.07) is 9.77. The van der Waals surface area contributed by atoms with E-state index >= 15 is 0 Å². The number of aryl methyl sites for hydroxylation is 1. The Labute approximate surface area is 101 Å². The fraction of sp³-hybridized carbons (Fsp3) is 0.308. The Morgan fingerprint density at radius 1 is 1.24 bits per heavy atom. The molecule has 2 aromatic rings. The molecule has 0 radical (unpaired) electrons. The summed E-state index contributed by atoms with van der Waals surface area (Å²) in [6.45, 7) is 0. The zero-order valence-electron chi connectivity index (χ0n) is 10.1. The van der Waals surface area contributed by atoms with Crippen LogP contribution in [-0.4, -0.2) is 16.9 Å². The molecule has 1 heterocycles. The number of aromatic nitrogens is 2. The van der Waals surface area contributed by atoms with Crippen LogP contribution in [0.5, 0.6) is 0 Å². The number of ether oxygens (including phenoxy) is 1. The van der Waals surface area contributed by atoms with Crippen LogP contribution in [-0.2, 0) is 11.8 Å². The van der Waals surface area contributed by atoms with Gasteiger partial charge in [0.2, 0.25) is 0 Å². The average molecular weight is 231 g/mol. The highest BCUT2D eigenvalue weighted by Gasteiger charge is 2.21. The first-order valence-corrected chi connectivity index (χ1v) is 5.54. The lowest BCUT2D eigenvalue weighted by Gasteiger charge is -2.22. The van der Waals surface area contributed by atoms with Gasteiger partial charge in [-0.1, -0.05) is 30.3 Å². The summed E-state index contributed by atoms with van der Waals surface area (Å²) >= 11 is 0. The van der Waals surface area contributed by atoms with Crippen molar-refractivity contribution in [2.75, 3.05) is 7.11 Å². The van der Waals surface area contributed by atoms with Crippen LogP contribution in [0.4, 0.5) is 0 Å². The second-order valence-electron chi connectivity index (χ2n) is 4.04. The molecule has 0 spiro atoms. The normalized spacial score (nSPS) is 14.5. The fourth-order valence-electron chi connectivity index (χ4n) is 1.92. The third kappa shape index (κ3) is 2.54. The summed E-state index contributed by atoms with van der Waals surface area (Å²) in [7, 11) is 3.55. The molecule has 0 fully saturated rings. The van der Waals surface area contributed by atoms with Crippen molar-refractivity contribution in [1.82, 2.24) is 9.78 Å². The minimum Gasteiger partial charge on any atom is -0.375 e. The van der Waals surface area contributed by atoms with E-state index in [2.05, 4.69) is 5.10 Å². The van der Waals surface area contributed by atoms with Crippen LogP contribution < -0.4 is 5.73 Å². The Morgan fingerprint density at radius 3 is 2.47 bits per heavy atom. The van der Waals surface area contributed by atoms with Crippen molar-refractivity contribution in [3.63, 3.8) is 0 Å². The molecule has 0 aliphatic heterocycles. The van der Waals surface area contributed by atoms with Crippen molar-refractivity contribution in [3.05, 3.63) is 53.9 Å². The maximum Gasteiger partial charge on any atom is 0.101 e. The first kappa shape index (κ1) is 11.8. The summed E-state index contributed by atoms with van der Waals surface area (Å²) in [4.78, 5) is 0. The molecular weight excluding hydrogens is 214 g/mol. The van der Waals surface area contributed by atoms with Crippen LogP contribution in [0.2, 0.25) is 0 Å². The van der Waals surface area contributed by atoms with Gasteiger partial charge in [-0.15, -0.1) is 0 Å². The second-order valence-corrected chi connectivity index (χ2v) is 4.04. The van der Waals surface area contributed by atoms with E-state index in [1.54, 1.807) is 18.0 Å². The first-order valence-electron chi connectivity index (χ1n) is 5.54. The number of nitrogens with two attached hydrogens (primary N) is 1. The van der Waals surface area contributed by atoms with Crippen molar-refractivity contribution >= 4 is 0 Å². The maximum absolute atomic E-state index is 6.22. The van der Waals surface area contributed by atoms with E-state index in [4.69, 9.17) is 10.5 Å². The van der Waals surface area contributed by atoms with Crippen molar-refractivity contribution < 1.29 is 4.74 Å². The molecular formula is C13H17N3O. The molecule has 0 saturated heterocycles. The van der Waals surface area contributed by atoms with E-state index in [1.807, 2.05) is 43.6 Å². The van der Waals surface area contributed by atoms with Crippen LogP contribution in [0.3, 0.4) is 0 Å². The van der Waals surface area contributed by atoms with Crippen molar-refractivity contribution in [2.24, 2.45) is 12.8 Å². The molecule has 2 atom stereocenters. The molecule has 1 aromatic carbocycles. The molecule has 4 heteroatoms. The maximum atomic E-state index is 6.22. The first-order chi connectivity index (χ1) is 8.22. The van der Waals surface area contributed by atoms with Crippen molar-refractivity contribution in [3.8, 4) is 0 Å². The van der Waals surface area contributed by atoms with Crippen LogP contribution in [0.1, 0.15) is 23.3 Å². The highest BCUT2D eigenvalue weighted by atomic mass is 16.5. The van der Waals surface area contributed by atoms with Crippen LogP contribution in [0.15, 0.2) is 42.7 Å². The molecule has 0 bridgehead atoms. The number of nitrogens with zero attached hydrogens (tertiary/aromatic N) is 2. The largest absolute Gasteiger partial charge is 0.375 e. The summed E-state index contributed by atoms with van der Waals surface area (Å²) in [5.74, 6) is 0. The second kappa shape index (κ2) is 5.12. The van der Waals surface area contributed by atoms with Gasteiger partial charge in [-0.25, -0.2) is 0 Å². The van der Waals surface area contributed by atoms with E-state index in [1.165, 1.54) is 0 Å². The smallest absolute Gasteiger partial charge is 0.101 e. The monoisotopic (exact) mass is 231 g/mol. The molecule has 17 heavy (non-hydrogen) atoms. The molecule has 2 N–H and O–H groups in total. The van der Waals surface area contributed by atoms with Gasteiger partial charge in [0.25, 0.3) is 0 Å². The lowest BCUT2D eigenvalue weighted by molar-refractivity contribution is 0.0801. The average Bonchev–Trinajstić information content (AvgIpc) is 2.78. The Morgan fingerprint density at radius 2 is 1.94 bits per heavy atom. The highest BCUT2D eigenvalue weighted by Crippen LogP contribution is 2.28. The number of benzene rings is 1. The van der Waals surface area contributed by atoms with Crippen LogP contribution in [0, 0.1) is 0 Å². The molecule has 4 nitrogen and oxygen atoms in total. The van der Waals surface area contributed by atoms with Gasteiger partial charge in [-0.05, 0) is 5.56 Å². The molecule has 0 aliphatic carbocycles. The minimum atomic E-state index is -0.212. The van der Waals surface area contributed by atoms with Gasteiger partial charge in [0, 0.05) is 25.9 Å². The Hall–Kier alpha value is -1.65. The van der Waals surface area contributed by atoms with Gasteiger partial charge in [0.1, 0.15) is 6.10 Å². The molecule has 1 aromatic heterocycles. The number of methoxy groups -OCH3 is 1. The molecule has 0 amide bonds. The molecule has 0 aliphatic rings. The topological polar surface area (TPSA) is 53.1 Å². The third-order valence-corrected chi connectivity index (χ3v) is 2.82. The molecule has 2 unspecified atom stereocenters. The van der Waals surface area contributed by atoms with E-state index in [-0.39, 0.29) is 12.1 Å². The van der Waals surface area contributed by atoms with E-state index in [0.717, 1.165) is 11.1 Å². The van der Waals surface area contributed by atoms with Gasteiger partial charge < -0.3 is 10.5 Å². The summed E-state index contributed by atoms with van der Waals surface area (Å²) in [5, 5.41) is 4.13.